The average Bonchev–Trinajstić information content (AvgIpc) is 2.61. The van der Waals surface area contributed by atoms with Crippen LogP contribution in [0, 0.1) is 0 Å². The van der Waals surface area contributed by atoms with Gasteiger partial charge in [0.15, 0.2) is 11.5 Å². The van der Waals surface area contributed by atoms with Crippen molar-refractivity contribution in [3.05, 3.63) is 29.7 Å². The predicted octanol–water partition coefficient (Wildman–Crippen LogP) is 1.74. The van der Waals surface area contributed by atoms with E-state index in [1.54, 1.807) is 0 Å². The Balaban J connectivity index is 2.50. The van der Waals surface area contributed by atoms with Crippen molar-refractivity contribution in [3.8, 4) is 0 Å². The summed E-state index contributed by atoms with van der Waals surface area (Å²) in [4.78, 5) is 4.56. The summed E-state index contributed by atoms with van der Waals surface area (Å²) in [5.74, 6) is 1.24. The van der Waals surface area contributed by atoms with Crippen LogP contribution in [-0.4, -0.2) is 20.6 Å². The van der Waals surface area contributed by atoms with E-state index < -0.39 is 0 Å². The van der Waals surface area contributed by atoms with Gasteiger partial charge in [0.25, 0.3) is 0 Å². The number of rotatable bonds is 3. The van der Waals surface area contributed by atoms with Crippen LogP contribution in [0.15, 0.2) is 18.3 Å². The van der Waals surface area contributed by atoms with Crippen LogP contribution in [0.3, 0.4) is 0 Å². The Morgan fingerprint density at radius 1 is 1.38 bits per heavy atom. The second-order valence-corrected chi connectivity index (χ2v) is 4.61. The van der Waals surface area contributed by atoms with Crippen LogP contribution in [0.25, 0.3) is 5.65 Å². The molecule has 0 aliphatic rings. The first-order valence-corrected chi connectivity index (χ1v) is 5.67. The number of hydrogen-bond donors (Lipinski definition) is 1. The quantitative estimate of drug-likeness (QED) is 0.853. The van der Waals surface area contributed by atoms with Crippen LogP contribution in [0.1, 0.15) is 38.1 Å². The molecule has 1 unspecified atom stereocenters. The van der Waals surface area contributed by atoms with E-state index in [1.165, 1.54) is 0 Å². The molecule has 4 heteroatoms. The molecule has 0 saturated heterocycles. The number of nitrogens with two attached hydrogens (primary N) is 1. The van der Waals surface area contributed by atoms with Crippen molar-refractivity contribution in [2.75, 3.05) is 0 Å². The predicted molar refractivity (Wildman–Crippen MR) is 64.4 cm³/mol. The Hall–Kier alpha value is -1.42. The van der Waals surface area contributed by atoms with E-state index in [9.17, 15) is 0 Å². The molecule has 0 amide bonds. The van der Waals surface area contributed by atoms with Crippen LogP contribution in [0.2, 0.25) is 0 Å². The van der Waals surface area contributed by atoms with E-state index in [4.69, 9.17) is 5.73 Å². The third-order valence-electron chi connectivity index (χ3n) is 2.52. The van der Waals surface area contributed by atoms with Gasteiger partial charge in [-0.05, 0) is 25.0 Å². The molecule has 1 atom stereocenters. The summed E-state index contributed by atoms with van der Waals surface area (Å²) < 4.78 is 1.84. The molecule has 0 aliphatic carbocycles. The van der Waals surface area contributed by atoms with Gasteiger partial charge in [-0.2, -0.15) is 5.10 Å². The fourth-order valence-electron chi connectivity index (χ4n) is 1.73. The molecule has 2 N–H and O–H groups in total. The van der Waals surface area contributed by atoms with Crippen molar-refractivity contribution in [1.82, 2.24) is 14.6 Å². The molecule has 0 spiro atoms. The molecule has 0 fully saturated rings. The Morgan fingerprint density at radius 2 is 2.12 bits per heavy atom. The third-order valence-corrected chi connectivity index (χ3v) is 2.52. The molecule has 0 radical (unpaired) electrons. The Labute approximate surface area is 95.5 Å². The highest BCUT2D eigenvalue weighted by Gasteiger charge is 2.11. The lowest BCUT2D eigenvalue weighted by atomic mass is 10.1. The lowest BCUT2D eigenvalue weighted by molar-refractivity contribution is 0.736. The lowest BCUT2D eigenvalue weighted by Crippen LogP contribution is -2.18. The molecule has 2 heterocycles. The largest absolute Gasteiger partial charge is 0.328 e. The van der Waals surface area contributed by atoms with Gasteiger partial charge in [0.05, 0.1) is 0 Å². The van der Waals surface area contributed by atoms with Gasteiger partial charge in [-0.1, -0.05) is 19.9 Å². The summed E-state index contributed by atoms with van der Waals surface area (Å²) >= 11 is 0. The molecule has 0 aliphatic heterocycles. The standard InChI is InChI=1S/C12H18N4/c1-8(2)11-14-12-10(7-9(3)13)5-4-6-16(12)15-11/h4-6,8-9H,7,13H2,1-3H3. The maximum Gasteiger partial charge on any atom is 0.158 e. The van der Waals surface area contributed by atoms with Crippen LogP contribution < -0.4 is 5.73 Å². The summed E-state index contributed by atoms with van der Waals surface area (Å²) in [7, 11) is 0. The number of nitrogens with zero attached hydrogens (tertiary/aromatic N) is 3. The fourth-order valence-corrected chi connectivity index (χ4v) is 1.73. The number of aromatic nitrogens is 3. The zero-order chi connectivity index (χ0) is 11.7. The van der Waals surface area contributed by atoms with E-state index in [0.717, 1.165) is 23.5 Å². The van der Waals surface area contributed by atoms with E-state index in [0.29, 0.717) is 5.92 Å². The van der Waals surface area contributed by atoms with Gasteiger partial charge >= 0.3 is 0 Å². The fraction of sp³-hybridized carbons (Fsp3) is 0.500. The minimum absolute atomic E-state index is 0.144. The van der Waals surface area contributed by atoms with Crippen molar-refractivity contribution in [3.63, 3.8) is 0 Å². The summed E-state index contributed by atoms with van der Waals surface area (Å²) in [5.41, 5.74) is 7.92. The highest BCUT2D eigenvalue weighted by molar-refractivity contribution is 5.47. The first-order valence-electron chi connectivity index (χ1n) is 5.67. The van der Waals surface area contributed by atoms with Crippen molar-refractivity contribution >= 4 is 5.65 Å². The second-order valence-electron chi connectivity index (χ2n) is 4.61. The number of fused-ring (bicyclic) bond motifs is 1. The number of hydrogen-bond acceptors (Lipinski definition) is 3. The monoisotopic (exact) mass is 218 g/mol. The third kappa shape index (κ3) is 2.07. The molecule has 16 heavy (non-hydrogen) atoms. The van der Waals surface area contributed by atoms with Crippen molar-refractivity contribution in [2.45, 2.75) is 39.2 Å². The highest BCUT2D eigenvalue weighted by Crippen LogP contribution is 2.15. The molecule has 4 nitrogen and oxygen atoms in total. The van der Waals surface area contributed by atoms with Crippen LogP contribution in [0.4, 0.5) is 0 Å². The van der Waals surface area contributed by atoms with Gasteiger partial charge < -0.3 is 5.73 Å². The maximum absolute atomic E-state index is 5.82. The van der Waals surface area contributed by atoms with Crippen molar-refractivity contribution < 1.29 is 0 Å². The normalized spacial score (nSPS) is 13.6. The number of pyridine rings is 1. The van der Waals surface area contributed by atoms with Gasteiger partial charge in [0.1, 0.15) is 0 Å². The molecule has 2 aromatic heterocycles. The van der Waals surface area contributed by atoms with Crippen LogP contribution >= 0.6 is 0 Å². The van der Waals surface area contributed by atoms with Crippen molar-refractivity contribution in [2.24, 2.45) is 5.73 Å². The second kappa shape index (κ2) is 4.22. The Kier molecular flexibility index (Phi) is 2.92. The minimum atomic E-state index is 0.144. The van der Waals surface area contributed by atoms with Gasteiger partial charge in [-0.15, -0.1) is 0 Å². The van der Waals surface area contributed by atoms with E-state index >= 15 is 0 Å². The molecule has 86 valence electrons. The first-order chi connectivity index (χ1) is 7.58. The summed E-state index contributed by atoms with van der Waals surface area (Å²) in [6.45, 7) is 6.20. The zero-order valence-corrected chi connectivity index (χ0v) is 10.0. The minimum Gasteiger partial charge on any atom is -0.328 e. The van der Waals surface area contributed by atoms with E-state index in [-0.39, 0.29) is 6.04 Å². The molecule has 0 aromatic carbocycles. The smallest absolute Gasteiger partial charge is 0.158 e. The van der Waals surface area contributed by atoms with Gasteiger partial charge in [-0.3, -0.25) is 0 Å². The van der Waals surface area contributed by atoms with Gasteiger partial charge in [0, 0.05) is 18.2 Å². The van der Waals surface area contributed by atoms with E-state index in [1.807, 2.05) is 23.7 Å². The zero-order valence-electron chi connectivity index (χ0n) is 10.0. The highest BCUT2D eigenvalue weighted by atomic mass is 15.3. The molecule has 2 rings (SSSR count). The van der Waals surface area contributed by atoms with Crippen molar-refractivity contribution in [1.29, 1.82) is 0 Å². The summed E-state index contributed by atoms with van der Waals surface area (Å²) in [5, 5.41) is 4.44. The molecule has 2 aromatic rings. The molecule has 0 saturated carbocycles. The SMILES string of the molecule is CC(N)Cc1cccn2nc(C(C)C)nc12. The maximum atomic E-state index is 5.82. The Bertz CT molecular complexity index is 485. The Morgan fingerprint density at radius 3 is 2.75 bits per heavy atom. The first kappa shape index (κ1) is 11.1. The summed E-state index contributed by atoms with van der Waals surface area (Å²) in [6.07, 6.45) is 2.76. The average molecular weight is 218 g/mol. The van der Waals surface area contributed by atoms with Crippen LogP contribution in [0.5, 0.6) is 0 Å². The van der Waals surface area contributed by atoms with Crippen LogP contribution in [-0.2, 0) is 6.42 Å². The topological polar surface area (TPSA) is 56.2 Å². The molecular weight excluding hydrogens is 200 g/mol. The lowest BCUT2D eigenvalue weighted by Gasteiger charge is -2.05. The molecule has 0 bridgehead atoms. The van der Waals surface area contributed by atoms with E-state index in [2.05, 4.69) is 30.0 Å². The van der Waals surface area contributed by atoms with Gasteiger partial charge in [0.2, 0.25) is 0 Å². The summed E-state index contributed by atoms with van der Waals surface area (Å²) in [6, 6.07) is 4.20. The molecular formula is C12H18N4. The van der Waals surface area contributed by atoms with Gasteiger partial charge in [-0.25, -0.2) is 9.50 Å².